The SMILES string of the molecule is CCCNC(=O)c1ccc(N2CCN(Cc3ccccc3-c3cncc(OCC)c3)CC2)cc1. The second kappa shape index (κ2) is 11.7. The Kier molecular flexibility index (Phi) is 8.15. The van der Waals surface area contributed by atoms with E-state index < -0.39 is 0 Å². The first-order valence-electron chi connectivity index (χ1n) is 12.2. The van der Waals surface area contributed by atoms with Crippen molar-refractivity contribution in [1.29, 1.82) is 0 Å². The fraction of sp³-hybridized carbons (Fsp3) is 0.357. The van der Waals surface area contributed by atoms with E-state index in [0.29, 0.717) is 13.2 Å². The number of amides is 1. The highest BCUT2D eigenvalue weighted by Gasteiger charge is 2.19. The maximum atomic E-state index is 12.1. The topological polar surface area (TPSA) is 57.7 Å². The fourth-order valence-corrected chi connectivity index (χ4v) is 4.32. The van der Waals surface area contributed by atoms with Gasteiger partial charge in [0, 0.05) is 62.3 Å². The van der Waals surface area contributed by atoms with E-state index in [1.807, 2.05) is 25.3 Å². The number of rotatable bonds is 9. The van der Waals surface area contributed by atoms with E-state index >= 15 is 0 Å². The van der Waals surface area contributed by atoms with Gasteiger partial charge in [0.25, 0.3) is 5.91 Å². The fourth-order valence-electron chi connectivity index (χ4n) is 4.32. The van der Waals surface area contributed by atoms with Crippen LogP contribution >= 0.6 is 0 Å². The molecule has 0 bridgehead atoms. The van der Waals surface area contributed by atoms with Gasteiger partial charge in [-0.3, -0.25) is 14.7 Å². The Hall–Kier alpha value is -3.38. The molecular formula is C28H34N4O2. The van der Waals surface area contributed by atoms with E-state index in [1.54, 1.807) is 6.20 Å². The van der Waals surface area contributed by atoms with Crippen LogP contribution in [0.2, 0.25) is 0 Å². The van der Waals surface area contributed by atoms with Gasteiger partial charge >= 0.3 is 0 Å². The molecule has 0 radical (unpaired) electrons. The summed E-state index contributed by atoms with van der Waals surface area (Å²) in [6, 6.07) is 18.6. The smallest absolute Gasteiger partial charge is 0.251 e. The molecule has 0 aliphatic carbocycles. The third-order valence-corrected chi connectivity index (χ3v) is 6.15. The molecule has 1 N–H and O–H groups in total. The highest BCUT2D eigenvalue weighted by Crippen LogP contribution is 2.27. The normalized spacial score (nSPS) is 14.1. The summed E-state index contributed by atoms with van der Waals surface area (Å²) in [5, 5.41) is 2.93. The lowest BCUT2D eigenvalue weighted by Gasteiger charge is -2.36. The molecule has 6 nitrogen and oxygen atoms in total. The number of hydrogen-bond acceptors (Lipinski definition) is 5. The van der Waals surface area contributed by atoms with E-state index in [1.165, 1.54) is 16.8 Å². The zero-order valence-corrected chi connectivity index (χ0v) is 20.2. The lowest BCUT2D eigenvalue weighted by molar-refractivity contribution is 0.0953. The van der Waals surface area contributed by atoms with Gasteiger partial charge in [0.1, 0.15) is 5.75 Å². The highest BCUT2D eigenvalue weighted by atomic mass is 16.5. The predicted octanol–water partition coefficient (Wildman–Crippen LogP) is 4.61. The molecule has 0 unspecified atom stereocenters. The molecule has 1 fully saturated rings. The molecular weight excluding hydrogens is 424 g/mol. The van der Waals surface area contributed by atoms with Crippen molar-refractivity contribution in [3.05, 3.63) is 78.1 Å². The summed E-state index contributed by atoms with van der Waals surface area (Å²) in [6.45, 7) is 10.2. The average molecular weight is 459 g/mol. The van der Waals surface area contributed by atoms with Crippen molar-refractivity contribution in [2.24, 2.45) is 0 Å². The Morgan fingerprint density at radius 3 is 2.50 bits per heavy atom. The molecule has 2 heterocycles. The minimum atomic E-state index is -0.00104. The predicted molar refractivity (Wildman–Crippen MR) is 137 cm³/mol. The molecule has 1 amide bonds. The highest BCUT2D eigenvalue weighted by molar-refractivity contribution is 5.94. The summed E-state index contributed by atoms with van der Waals surface area (Å²) in [5.74, 6) is 0.802. The number of piperazine rings is 1. The minimum Gasteiger partial charge on any atom is -0.492 e. The zero-order valence-electron chi connectivity index (χ0n) is 20.2. The molecule has 6 heteroatoms. The lowest BCUT2D eigenvalue weighted by atomic mass is 10.0. The third-order valence-electron chi connectivity index (χ3n) is 6.15. The maximum Gasteiger partial charge on any atom is 0.251 e. The Morgan fingerprint density at radius 2 is 1.76 bits per heavy atom. The van der Waals surface area contributed by atoms with Gasteiger partial charge in [0.05, 0.1) is 12.8 Å². The van der Waals surface area contributed by atoms with Crippen LogP contribution in [0, 0.1) is 0 Å². The van der Waals surface area contributed by atoms with Gasteiger partial charge < -0.3 is 15.0 Å². The van der Waals surface area contributed by atoms with Crippen LogP contribution in [0.5, 0.6) is 5.75 Å². The van der Waals surface area contributed by atoms with Crippen LogP contribution < -0.4 is 15.0 Å². The van der Waals surface area contributed by atoms with Crippen LogP contribution in [-0.4, -0.2) is 55.1 Å². The zero-order chi connectivity index (χ0) is 23.8. The second-order valence-electron chi connectivity index (χ2n) is 8.57. The first-order chi connectivity index (χ1) is 16.7. The van der Waals surface area contributed by atoms with E-state index in [-0.39, 0.29) is 5.91 Å². The van der Waals surface area contributed by atoms with Crippen molar-refractivity contribution in [2.75, 3.05) is 44.2 Å². The van der Waals surface area contributed by atoms with Crippen LogP contribution in [0.25, 0.3) is 11.1 Å². The van der Waals surface area contributed by atoms with Gasteiger partial charge in [-0.15, -0.1) is 0 Å². The molecule has 178 valence electrons. The second-order valence-corrected chi connectivity index (χ2v) is 8.57. The van der Waals surface area contributed by atoms with Crippen LogP contribution in [0.4, 0.5) is 5.69 Å². The first kappa shape index (κ1) is 23.8. The number of hydrogen-bond donors (Lipinski definition) is 1. The van der Waals surface area contributed by atoms with E-state index in [2.05, 4.69) is 69.5 Å². The van der Waals surface area contributed by atoms with Crippen molar-refractivity contribution in [2.45, 2.75) is 26.8 Å². The Balaban J connectivity index is 1.37. The number of anilines is 1. The van der Waals surface area contributed by atoms with Crippen LogP contribution in [0.3, 0.4) is 0 Å². The number of pyridine rings is 1. The van der Waals surface area contributed by atoms with Crippen molar-refractivity contribution < 1.29 is 9.53 Å². The Bertz CT molecular complexity index is 1080. The van der Waals surface area contributed by atoms with Crippen LogP contribution in [-0.2, 0) is 6.54 Å². The number of nitrogens with one attached hydrogen (secondary N) is 1. The van der Waals surface area contributed by atoms with Gasteiger partial charge in [0.15, 0.2) is 0 Å². The average Bonchev–Trinajstić information content (AvgIpc) is 2.88. The molecule has 1 saturated heterocycles. The van der Waals surface area contributed by atoms with E-state index in [9.17, 15) is 4.79 Å². The number of benzene rings is 2. The molecule has 34 heavy (non-hydrogen) atoms. The van der Waals surface area contributed by atoms with E-state index in [4.69, 9.17) is 4.74 Å². The van der Waals surface area contributed by atoms with Crippen molar-refractivity contribution in [1.82, 2.24) is 15.2 Å². The molecule has 2 aromatic carbocycles. The lowest BCUT2D eigenvalue weighted by Crippen LogP contribution is -2.46. The number of carbonyl (C=O) groups is 1. The monoisotopic (exact) mass is 458 g/mol. The largest absolute Gasteiger partial charge is 0.492 e. The Labute approximate surface area is 202 Å². The van der Waals surface area contributed by atoms with E-state index in [0.717, 1.165) is 56.0 Å². The summed E-state index contributed by atoms with van der Waals surface area (Å²) in [6.07, 6.45) is 4.61. The van der Waals surface area contributed by atoms with Gasteiger partial charge in [0.2, 0.25) is 0 Å². The number of ether oxygens (including phenoxy) is 1. The van der Waals surface area contributed by atoms with Gasteiger partial charge in [-0.25, -0.2) is 0 Å². The van der Waals surface area contributed by atoms with Crippen molar-refractivity contribution >= 4 is 11.6 Å². The van der Waals surface area contributed by atoms with Gasteiger partial charge in [-0.05, 0) is 54.8 Å². The number of carbonyl (C=O) groups excluding carboxylic acids is 1. The quantitative estimate of drug-likeness (QED) is 0.508. The molecule has 1 aliphatic heterocycles. The molecule has 0 atom stereocenters. The summed E-state index contributed by atoms with van der Waals surface area (Å²) < 4.78 is 5.65. The Morgan fingerprint density at radius 1 is 1.00 bits per heavy atom. The number of nitrogens with zero attached hydrogens (tertiary/aromatic N) is 3. The first-order valence-corrected chi connectivity index (χ1v) is 12.2. The van der Waals surface area contributed by atoms with Gasteiger partial charge in [-0.1, -0.05) is 31.2 Å². The third kappa shape index (κ3) is 5.94. The molecule has 0 saturated carbocycles. The number of aromatic nitrogens is 1. The molecule has 1 aliphatic rings. The molecule has 0 spiro atoms. The minimum absolute atomic E-state index is 0.00104. The van der Waals surface area contributed by atoms with Crippen LogP contribution in [0.15, 0.2) is 67.0 Å². The molecule has 3 aromatic rings. The van der Waals surface area contributed by atoms with Crippen LogP contribution in [0.1, 0.15) is 36.2 Å². The summed E-state index contributed by atoms with van der Waals surface area (Å²) in [5.41, 5.74) is 5.48. The summed E-state index contributed by atoms with van der Waals surface area (Å²) >= 11 is 0. The molecule has 1 aromatic heterocycles. The maximum absolute atomic E-state index is 12.1. The molecule has 4 rings (SSSR count). The standard InChI is InChI=1S/C28H34N4O2/c1-3-13-30-28(33)22-9-11-25(12-10-22)32-16-14-31(15-17-32)21-23-7-5-6-8-27(23)24-18-26(34-4-2)20-29-19-24/h5-12,18-20H,3-4,13-17,21H2,1-2H3,(H,30,33). The summed E-state index contributed by atoms with van der Waals surface area (Å²) in [7, 11) is 0. The van der Waals surface area contributed by atoms with Crippen molar-refractivity contribution in [3.63, 3.8) is 0 Å². The summed E-state index contributed by atoms with van der Waals surface area (Å²) in [4.78, 5) is 21.4. The van der Waals surface area contributed by atoms with Crippen molar-refractivity contribution in [3.8, 4) is 16.9 Å². The van der Waals surface area contributed by atoms with Gasteiger partial charge in [-0.2, -0.15) is 0 Å².